The molecule has 1 aliphatic carbocycles. The van der Waals surface area contributed by atoms with Crippen molar-refractivity contribution in [2.75, 3.05) is 0 Å². The van der Waals surface area contributed by atoms with Gasteiger partial charge in [0.25, 0.3) is 0 Å². The van der Waals surface area contributed by atoms with E-state index in [9.17, 15) is 5.26 Å². The van der Waals surface area contributed by atoms with Gasteiger partial charge in [0.15, 0.2) is 0 Å². The van der Waals surface area contributed by atoms with Crippen molar-refractivity contribution in [1.29, 1.82) is 5.26 Å². The van der Waals surface area contributed by atoms with Crippen LogP contribution in [0.15, 0.2) is 30.9 Å². The Morgan fingerprint density at radius 1 is 1.44 bits per heavy atom. The highest BCUT2D eigenvalue weighted by Gasteiger charge is 2.20. The van der Waals surface area contributed by atoms with Crippen molar-refractivity contribution < 1.29 is 0 Å². The van der Waals surface area contributed by atoms with E-state index >= 15 is 0 Å². The van der Waals surface area contributed by atoms with Crippen LogP contribution in [0.5, 0.6) is 0 Å². The third kappa shape index (κ3) is 2.24. The van der Waals surface area contributed by atoms with Crippen LogP contribution in [0.2, 0.25) is 0 Å². The van der Waals surface area contributed by atoms with Gasteiger partial charge < -0.3 is 5.32 Å². The first-order chi connectivity index (χ1) is 8.86. The van der Waals surface area contributed by atoms with Gasteiger partial charge in [-0.05, 0) is 30.5 Å². The molecule has 1 fully saturated rings. The van der Waals surface area contributed by atoms with E-state index in [2.05, 4.69) is 21.5 Å². The number of nitrogens with zero attached hydrogens (tertiary/aromatic N) is 4. The van der Waals surface area contributed by atoms with Gasteiger partial charge in [0, 0.05) is 12.6 Å². The summed E-state index contributed by atoms with van der Waals surface area (Å²) in [6.45, 7) is 0.816. The summed E-state index contributed by atoms with van der Waals surface area (Å²) in [5, 5.41) is 16.7. The second-order valence-corrected chi connectivity index (χ2v) is 4.46. The van der Waals surface area contributed by atoms with Crippen LogP contribution in [0.25, 0.3) is 5.69 Å². The molecule has 0 saturated heterocycles. The SMILES string of the molecule is N#Cc1cc(CNC2CC2)ccc1-n1cncn1. The van der Waals surface area contributed by atoms with E-state index in [4.69, 9.17) is 0 Å². The standard InChI is InChI=1S/C13H13N5/c14-6-11-5-10(7-16-12-2-3-12)1-4-13(11)18-9-15-8-17-18/h1,4-5,8-9,12,16H,2-3,7H2. The van der Waals surface area contributed by atoms with Crippen molar-refractivity contribution >= 4 is 0 Å². The summed E-state index contributed by atoms with van der Waals surface area (Å²) in [7, 11) is 0. The summed E-state index contributed by atoms with van der Waals surface area (Å²) in [6, 6.07) is 8.73. The van der Waals surface area contributed by atoms with Crippen LogP contribution in [0.4, 0.5) is 0 Å². The Kier molecular flexibility index (Phi) is 2.79. The lowest BCUT2D eigenvalue weighted by Crippen LogP contribution is -2.15. The van der Waals surface area contributed by atoms with E-state index in [0.717, 1.165) is 17.8 Å². The first kappa shape index (κ1) is 10.9. The summed E-state index contributed by atoms with van der Waals surface area (Å²) >= 11 is 0. The molecule has 3 rings (SSSR count). The quantitative estimate of drug-likeness (QED) is 0.875. The number of nitriles is 1. The van der Waals surface area contributed by atoms with Crippen LogP contribution in [-0.4, -0.2) is 20.8 Å². The molecule has 5 heteroatoms. The first-order valence-corrected chi connectivity index (χ1v) is 5.98. The molecule has 2 aromatic rings. The van der Waals surface area contributed by atoms with Gasteiger partial charge in [-0.2, -0.15) is 10.4 Å². The van der Waals surface area contributed by atoms with E-state index in [1.54, 1.807) is 11.0 Å². The smallest absolute Gasteiger partial charge is 0.138 e. The van der Waals surface area contributed by atoms with Gasteiger partial charge in [0.1, 0.15) is 18.7 Å². The Labute approximate surface area is 105 Å². The third-order valence-electron chi connectivity index (χ3n) is 3.02. The van der Waals surface area contributed by atoms with Crippen molar-refractivity contribution in [3.05, 3.63) is 42.0 Å². The highest BCUT2D eigenvalue weighted by atomic mass is 15.3. The maximum absolute atomic E-state index is 9.20. The van der Waals surface area contributed by atoms with Crippen LogP contribution in [-0.2, 0) is 6.54 Å². The molecule has 0 radical (unpaired) electrons. The average molecular weight is 239 g/mol. The summed E-state index contributed by atoms with van der Waals surface area (Å²) in [4.78, 5) is 3.89. The molecule has 1 N–H and O–H groups in total. The highest BCUT2D eigenvalue weighted by Crippen LogP contribution is 2.20. The minimum absolute atomic E-state index is 0.621. The number of aromatic nitrogens is 3. The van der Waals surface area contributed by atoms with Gasteiger partial charge in [0.05, 0.1) is 11.3 Å². The average Bonchev–Trinajstić information content (AvgIpc) is 3.08. The monoisotopic (exact) mass is 239 g/mol. The predicted octanol–water partition coefficient (Wildman–Crippen LogP) is 1.39. The largest absolute Gasteiger partial charge is 0.310 e. The molecule has 0 bridgehead atoms. The lowest BCUT2D eigenvalue weighted by atomic mass is 10.1. The Morgan fingerprint density at radius 2 is 2.33 bits per heavy atom. The van der Waals surface area contributed by atoms with Crippen molar-refractivity contribution in [2.45, 2.75) is 25.4 Å². The van der Waals surface area contributed by atoms with E-state index in [-0.39, 0.29) is 0 Å². The maximum atomic E-state index is 9.20. The zero-order valence-electron chi connectivity index (χ0n) is 9.87. The number of rotatable bonds is 4. The molecular weight excluding hydrogens is 226 g/mol. The van der Waals surface area contributed by atoms with Crippen LogP contribution in [0.1, 0.15) is 24.0 Å². The second-order valence-electron chi connectivity index (χ2n) is 4.46. The molecule has 18 heavy (non-hydrogen) atoms. The lowest BCUT2D eigenvalue weighted by Gasteiger charge is -2.07. The molecule has 0 aliphatic heterocycles. The van der Waals surface area contributed by atoms with Crippen molar-refractivity contribution in [2.24, 2.45) is 0 Å². The molecule has 1 aromatic heterocycles. The molecule has 0 amide bonds. The highest BCUT2D eigenvalue weighted by molar-refractivity contribution is 5.49. The summed E-state index contributed by atoms with van der Waals surface area (Å²) in [6.07, 6.45) is 5.59. The van der Waals surface area contributed by atoms with Gasteiger partial charge in [-0.1, -0.05) is 6.07 Å². The lowest BCUT2D eigenvalue weighted by molar-refractivity contribution is 0.687. The fourth-order valence-electron chi connectivity index (χ4n) is 1.86. The van der Waals surface area contributed by atoms with Gasteiger partial charge in [-0.3, -0.25) is 0 Å². The fourth-order valence-corrected chi connectivity index (χ4v) is 1.86. The molecule has 0 atom stereocenters. The van der Waals surface area contributed by atoms with Crippen LogP contribution in [0, 0.1) is 11.3 Å². The zero-order valence-corrected chi connectivity index (χ0v) is 9.87. The summed E-state index contributed by atoms with van der Waals surface area (Å²) in [5.41, 5.74) is 2.52. The van der Waals surface area contributed by atoms with E-state index in [0.29, 0.717) is 11.6 Å². The molecule has 1 aromatic carbocycles. The second kappa shape index (κ2) is 4.59. The number of hydrogen-bond acceptors (Lipinski definition) is 4. The number of nitrogens with one attached hydrogen (secondary N) is 1. The van der Waals surface area contributed by atoms with Gasteiger partial charge in [0.2, 0.25) is 0 Å². The van der Waals surface area contributed by atoms with Crippen molar-refractivity contribution in [3.63, 3.8) is 0 Å². The van der Waals surface area contributed by atoms with E-state index in [1.807, 2.05) is 18.2 Å². The fraction of sp³-hybridized carbons (Fsp3) is 0.308. The molecule has 0 spiro atoms. The predicted molar refractivity (Wildman–Crippen MR) is 65.9 cm³/mol. The maximum Gasteiger partial charge on any atom is 0.138 e. The molecule has 1 aliphatic rings. The molecule has 1 heterocycles. The minimum atomic E-state index is 0.621. The normalized spacial score (nSPS) is 14.4. The van der Waals surface area contributed by atoms with Crippen LogP contribution in [0.3, 0.4) is 0 Å². The molecule has 0 unspecified atom stereocenters. The van der Waals surface area contributed by atoms with Gasteiger partial charge in [-0.15, -0.1) is 0 Å². The number of benzene rings is 1. The molecule has 5 nitrogen and oxygen atoms in total. The summed E-state index contributed by atoms with van der Waals surface area (Å²) in [5.74, 6) is 0. The Hall–Kier alpha value is -2.19. The molecule has 1 saturated carbocycles. The molecular formula is C13H13N5. The first-order valence-electron chi connectivity index (χ1n) is 5.98. The number of hydrogen-bond donors (Lipinski definition) is 1. The van der Waals surface area contributed by atoms with Crippen LogP contribution >= 0.6 is 0 Å². The van der Waals surface area contributed by atoms with Gasteiger partial charge in [-0.25, -0.2) is 9.67 Å². The molecule has 90 valence electrons. The topological polar surface area (TPSA) is 66.5 Å². The minimum Gasteiger partial charge on any atom is -0.310 e. The Bertz CT molecular complexity index is 578. The Balaban J connectivity index is 1.85. The van der Waals surface area contributed by atoms with Crippen molar-refractivity contribution in [1.82, 2.24) is 20.1 Å². The third-order valence-corrected chi connectivity index (χ3v) is 3.02. The van der Waals surface area contributed by atoms with Gasteiger partial charge >= 0.3 is 0 Å². The van der Waals surface area contributed by atoms with Crippen molar-refractivity contribution in [3.8, 4) is 11.8 Å². The van der Waals surface area contributed by atoms with E-state index < -0.39 is 0 Å². The summed E-state index contributed by atoms with van der Waals surface area (Å²) < 4.78 is 1.61. The zero-order chi connectivity index (χ0) is 12.4. The van der Waals surface area contributed by atoms with Crippen LogP contribution < -0.4 is 5.32 Å². The Morgan fingerprint density at radius 3 is 3.00 bits per heavy atom. The van der Waals surface area contributed by atoms with E-state index in [1.165, 1.54) is 19.2 Å².